The number of nitriles is 1. The molecule has 218 valence electrons. The minimum atomic E-state index is -1.33. The van der Waals surface area contributed by atoms with Crippen LogP contribution in [-0.4, -0.2) is 46.1 Å². The number of halogens is 2. The van der Waals surface area contributed by atoms with E-state index in [0.29, 0.717) is 17.5 Å². The van der Waals surface area contributed by atoms with Crippen molar-refractivity contribution in [1.82, 2.24) is 9.80 Å². The monoisotopic (exact) mass is 580 g/mol. The van der Waals surface area contributed by atoms with E-state index in [1.807, 2.05) is 48.5 Å². The Kier molecular flexibility index (Phi) is 8.48. The molecule has 0 saturated carbocycles. The molecule has 0 spiro atoms. The first-order valence-corrected chi connectivity index (χ1v) is 14.0. The highest BCUT2D eigenvalue weighted by molar-refractivity contribution is 5.94. The number of carbonyl (C=O) groups is 3. The molecule has 1 aliphatic heterocycles. The zero-order chi connectivity index (χ0) is 30.7. The van der Waals surface area contributed by atoms with E-state index in [0.717, 1.165) is 28.5 Å². The van der Waals surface area contributed by atoms with Crippen molar-refractivity contribution in [3.8, 4) is 6.07 Å². The molecule has 9 heteroatoms. The molecule has 5 rings (SSSR count). The molecule has 1 fully saturated rings. The third kappa shape index (κ3) is 6.09. The van der Waals surface area contributed by atoms with Crippen LogP contribution in [0.2, 0.25) is 0 Å². The third-order valence-electron chi connectivity index (χ3n) is 8.04. The second-order valence-electron chi connectivity index (χ2n) is 10.8. The van der Waals surface area contributed by atoms with Gasteiger partial charge in [-0.1, -0.05) is 60.7 Å². The van der Waals surface area contributed by atoms with Gasteiger partial charge in [0.1, 0.15) is 12.1 Å². The summed E-state index contributed by atoms with van der Waals surface area (Å²) in [5.41, 5.74) is 7.88. The van der Waals surface area contributed by atoms with Crippen LogP contribution in [0, 0.1) is 23.0 Å². The van der Waals surface area contributed by atoms with E-state index >= 15 is 0 Å². The van der Waals surface area contributed by atoms with Crippen LogP contribution in [-0.2, 0) is 27.2 Å². The Labute approximate surface area is 248 Å². The maximum absolute atomic E-state index is 14.5. The van der Waals surface area contributed by atoms with Gasteiger partial charge in [-0.05, 0) is 65.1 Å². The fourth-order valence-corrected chi connectivity index (χ4v) is 5.80. The second-order valence-corrected chi connectivity index (χ2v) is 10.8. The Balaban J connectivity index is 1.54. The topological polar surface area (TPSA) is 108 Å². The van der Waals surface area contributed by atoms with Crippen LogP contribution in [0.25, 0.3) is 10.8 Å². The van der Waals surface area contributed by atoms with Crippen molar-refractivity contribution in [3.63, 3.8) is 0 Å². The van der Waals surface area contributed by atoms with Gasteiger partial charge in [-0.3, -0.25) is 14.4 Å². The normalized spacial score (nSPS) is 17.8. The van der Waals surface area contributed by atoms with Crippen LogP contribution in [0.4, 0.5) is 8.78 Å². The van der Waals surface area contributed by atoms with Gasteiger partial charge in [-0.25, -0.2) is 8.78 Å². The summed E-state index contributed by atoms with van der Waals surface area (Å²) in [7, 11) is 0. The predicted molar refractivity (Wildman–Crippen MR) is 157 cm³/mol. The lowest BCUT2D eigenvalue weighted by atomic mass is 9.96. The molecule has 1 unspecified atom stereocenters. The predicted octanol–water partition coefficient (Wildman–Crippen LogP) is 4.82. The molecule has 4 aromatic rings. The summed E-state index contributed by atoms with van der Waals surface area (Å²) in [4.78, 5) is 44.0. The van der Waals surface area contributed by atoms with Gasteiger partial charge in [0.2, 0.25) is 11.8 Å². The van der Waals surface area contributed by atoms with Crippen LogP contribution in [0.1, 0.15) is 41.6 Å². The average Bonchev–Trinajstić information content (AvgIpc) is 3.13. The van der Waals surface area contributed by atoms with E-state index in [2.05, 4.69) is 0 Å². The number of hydrogen-bond acceptors (Lipinski definition) is 4. The van der Waals surface area contributed by atoms with Gasteiger partial charge >= 0.3 is 0 Å². The smallest absolute Gasteiger partial charge is 0.250 e. The molecule has 0 radical (unpaired) electrons. The van der Waals surface area contributed by atoms with Gasteiger partial charge in [-0.15, -0.1) is 0 Å². The van der Waals surface area contributed by atoms with Crippen LogP contribution >= 0.6 is 0 Å². The summed E-state index contributed by atoms with van der Waals surface area (Å²) >= 11 is 0. The van der Waals surface area contributed by atoms with Gasteiger partial charge in [0, 0.05) is 19.0 Å². The van der Waals surface area contributed by atoms with Crippen LogP contribution in [0.3, 0.4) is 0 Å². The van der Waals surface area contributed by atoms with Gasteiger partial charge in [-0.2, -0.15) is 5.26 Å². The summed E-state index contributed by atoms with van der Waals surface area (Å²) in [6.07, 6.45) is 0.379. The zero-order valence-corrected chi connectivity index (χ0v) is 23.5. The van der Waals surface area contributed by atoms with E-state index in [9.17, 15) is 23.2 Å². The van der Waals surface area contributed by atoms with Gasteiger partial charge < -0.3 is 15.5 Å². The zero-order valence-electron chi connectivity index (χ0n) is 23.5. The highest BCUT2D eigenvalue weighted by atomic mass is 19.2. The molecule has 2 N–H and O–H groups in total. The molecule has 3 atom stereocenters. The Morgan fingerprint density at radius 3 is 2.42 bits per heavy atom. The summed E-state index contributed by atoms with van der Waals surface area (Å²) in [6, 6.07) is 22.2. The number of amides is 3. The van der Waals surface area contributed by atoms with Crippen molar-refractivity contribution >= 4 is 28.5 Å². The highest BCUT2D eigenvalue weighted by Crippen LogP contribution is 2.33. The number of fused-ring (bicyclic) bond motifs is 1. The minimum absolute atomic E-state index is 0.0846. The summed E-state index contributed by atoms with van der Waals surface area (Å²) in [6.45, 7) is 1.91. The van der Waals surface area contributed by atoms with E-state index in [-0.39, 0.29) is 24.9 Å². The number of hydrogen-bond donors (Lipinski definition) is 1. The molecule has 43 heavy (non-hydrogen) atoms. The molecule has 0 aliphatic carbocycles. The van der Waals surface area contributed by atoms with Crippen LogP contribution < -0.4 is 5.73 Å². The van der Waals surface area contributed by atoms with Crippen LogP contribution in [0.15, 0.2) is 84.9 Å². The Hall–Kier alpha value is -5.10. The molecular formula is C34H30F2N4O3. The first-order chi connectivity index (χ1) is 20.7. The molecule has 0 bridgehead atoms. The second kappa shape index (κ2) is 12.4. The number of benzene rings is 4. The van der Waals surface area contributed by atoms with E-state index in [1.54, 1.807) is 31.2 Å². The maximum atomic E-state index is 14.5. The number of nitrogens with two attached hydrogens (primary N) is 1. The van der Waals surface area contributed by atoms with Crippen molar-refractivity contribution in [2.75, 3.05) is 6.54 Å². The standard InChI is InChI=1S/C34H30F2N4O3/c1-21-15-16-39(30(33(38)42)19-25-7-4-6-24-5-2-3-8-27(24)25)34(43)32(26-13-14-28(35)29(36)18-26)40(21)31(41)17-22-9-11-23(20-37)12-10-22/h2-14,18,21,30,32H,15-17,19H2,1H3,(H2,38,42)/t21-,30?,32+/m1/s1. The lowest BCUT2D eigenvalue weighted by Gasteiger charge is -2.36. The molecule has 0 aromatic heterocycles. The van der Waals surface area contributed by atoms with E-state index in [1.165, 1.54) is 15.9 Å². The first kappa shape index (κ1) is 29.4. The Morgan fingerprint density at radius 1 is 1.00 bits per heavy atom. The number of carbonyl (C=O) groups excluding carboxylic acids is 3. The molecule has 1 saturated heterocycles. The summed E-state index contributed by atoms with van der Waals surface area (Å²) in [5.74, 6) is -3.97. The van der Waals surface area contributed by atoms with Crippen LogP contribution in [0.5, 0.6) is 0 Å². The van der Waals surface area contributed by atoms with Crippen molar-refractivity contribution in [2.45, 2.75) is 44.3 Å². The van der Waals surface area contributed by atoms with Crippen molar-refractivity contribution in [1.29, 1.82) is 5.26 Å². The minimum Gasteiger partial charge on any atom is -0.368 e. The molecular weight excluding hydrogens is 550 g/mol. The van der Waals surface area contributed by atoms with Crippen molar-refractivity contribution in [3.05, 3.63) is 119 Å². The maximum Gasteiger partial charge on any atom is 0.250 e. The molecule has 1 aliphatic rings. The number of primary amides is 1. The number of nitrogens with zero attached hydrogens (tertiary/aromatic N) is 3. The molecule has 3 amide bonds. The van der Waals surface area contributed by atoms with Crippen molar-refractivity contribution in [2.24, 2.45) is 5.73 Å². The Bertz CT molecular complexity index is 1730. The average molecular weight is 581 g/mol. The first-order valence-electron chi connectivity index (χ1n) is 14.0. The number of rotatable bonds is 7. The fourth-order valence-electron chi connectivity index (χ4n) is 5.80. The van der Waals surface area contributed by atoms with E-state index in [4.69, 9.17) is 11.0 Å². The largest absolute Gasteiger partial charge is 0.368 e. The lowest BCUT2D eigenvalue weighted by molar-refractivity contribution is -0.148. The summed E-state index contributed by atoms with van der Waals surface area (Å²) in [5, 5.41) is 11.0. The molecule has 1 heterocycles. The lowest BCUT2D eigenvalue weighted by Crippen LogP contribution is -2.52. The fraction of sp³-hybridized carbons (Fsp3) is 0.235. The highest BCUT2D eigenvalue weighted by Gasteiger charge is 2.43. The summed E-state index contributed by atoms with van der Waals surface area (Å²) < 4.78 is 28.5. The quantitative estimate of drug-likeness (QED) is 0.338. The molecule has 7 nitrogen and oxygen atoms in total. The van der Waals surface area contributed by atoms with Crippen molar-refractivity contribution < 1.29 is 23.2 Å². The van der Waals surface area contributed by atoms with Gasteiger partial charge in [0.25, 0.3) is 5.91 Å². The molecule has 4 aromatic carbocycles. The van der Waals surface area contributed by atoms with Gasteiger partial charge in [0.15, 0.2) is 11.6 Å². The van der Waals surface area contributed by atoms with Gasteiger partial charge in [0.05, 0.1) is 18.1 Å². The third-order valence-corrected chi connectivity index (χ3v) is 8.04. The Morgan fingerprint density at radius 2 is 1.72 bits per heavy atom. The SMILES string of the molecule is C[C@@H]1CCN(C(Cc2cccc3ccccc23)C(N)=O)C(=O)[C@H](c2ccc(F)c(F)c2)N1C(=O)Cc1ccc(C#N)cc1. The van der Waals surface area contributed by atoms with E-state index < -0.39 is 47.5 Å².